The average Bonchev–Trinajstić information content (AvgIpc) is 3.37. The second kappa shape index (κ2) is 11.1. The Kier molecular flexibility index (Phi) is 7.84. The summed E-state index contributed by atoms with van der Waals surface area (Å²) in [4.78, 5) is 12.9. The number of hydrogen-bond donors (Lipinski definition) is 8. The minimum absolute atomic E-state index is 0.0635. The Hall–Kier alpha value is -3.47. The van der Waals surface area contributed by atoms with Gasteiger partial charge in [0, 0.05) is 17.7 Å². The molecule has 0 bridgehead atoms. The first-order chi connectivity index (χ1) is 19.4. The summed E-state index contributed by atoms with van der Waals surface area (Å²) in [5.41, 5.74) is -0.472. The van der Waals surface area contributed by atoms with E-state index in [9.17, 15) is 45.6 Å². The predicted molar refractivity (Wildman–Crippen MR) is 137 cm³/mol. The molecule has 10 atom stereocenters. The number of benzene rings is 2. The molecule has 5 rings (SSSR count). The molecule has 0 radical (unpaired) electrons. The highest BCUT2D eigenvalue weighted by Crippen LogP contribution is 2.43. The van der Waals surface area contributed by atoms with Gasteiger partial charge < -0.3 is 64.2 Å². The number of hydrogen-bond acceptors (Lipinski definition) is 14. The Morgan fingerprint density at radius 2 is 1.29 bits per heavy atom. The second-order valence-corrected chi connectivity index (χ2v) is 10.1. The maximum Gasteiger partial charge on any atom is 0.229 e. The lowest BCUT2D eigenvalue weighted by atomic mass is 10.1. The Morgan fingerprint density at radius 3 is 1.80 bits per heavy atom. The topological polar surface area (TPSA) is 229 Å². The normalized spacial score (nSPS) is 31.3. The summed E-state index contributed by atoms with van der Waals surface area (Å²) in [5.74, 6) is -1.79. The Bertz CT molecular complexity index is 1450. The molecule has 14 heteroatoms. The fourth-order valence-electron chi connectivity index (χ4n) is 4.79. The molecule has 41 heavy (non-hydrogen) atoms. The van der Waals surface area contributed by atoms with Gasteiger partial charge >= 0.3 is 0 Å². The zero-order valence-electron chi connectivity index (χ0n) is 21.8. The van der Waals surface area contributed by atoms with Crippen LogP contribution in [0.2, 0.25) is 0 Å². The van der Waals surface area contributed by atoms with E-state index in [0.717, 1.165) is 12.1 Å². The standard InChI is InChI=1S/C27H30O14/c1-9(28)24-20(33)22(35)26(40-24)37-12-5-3-11(4-6-12)14-7-13(30)17-15(38-14)8-16(18(31)19(17)32)39-27-23(36)21(34)25(41-27)10(2)29/h3-10,20-29,31-36H,1-2H3. The van der Waals surface area contributed by atoms with Crippen LogP contribution < -0.4 is 14.9 Å². The first-order valence-electron chi connectivity index (χ1n) is 12.7. The van der Waals surface area contributed by atoms with Crippen LogP contribution in [0.4, 0.5) is 0 Å². The number of aliphatic hydroxyl groups is 6. The number of phenols is 2. The number of phenolic OH excluding ortho intramolecular Hbond substituents is 2. The van der Waals surface area contributed by atoms with Crippen LogP contribution in [0.15, 0.2) is 45.6 Å². The molecule has 2 aliphatic rings. The van der Waals surface area contributed by atoms with E-state index in [1.165, 1.54) is 38.1 Å². The van der Waals surface area contributed by atoms with E-state index in [4.69, 9.17) is 23.4 Å². The van der Waals surface area contributed by atoms with Crippen molar-refractivity contribution in [2.24, 2.45) is 0 Å². The van der Waals surface area contributed by atoms with E-state index in [0.29, 0.717) is 5.56 Å². The van der Waals surface area contributed by atoms with E-state index in [1.54, 1.807) is 0 Å². The minimum Gasteiger partial charge on any atom is -0.504 e. The molecule has 8 N–H and O–H groups in total. The molecule has 2 aliphatic heterocycles. The van der Waals surface area contributed by atoms with Crippen molar-refractivity contribution in [3.05, 3.63) is 46.6 Å². The smallest absolute Gasteiger partial charge is 0.229 e. The average molecular weight is 579 g/mol. The highest BCUT2D eigenvalue weighted by Gasteiger charge is 2.47. The van der Waals surface area contributed by atoms with Crippen molar-refractivity contribution in [1.29, 1.82) is 0 Å². The second-order valence-electron chi connectivity index (χ2n) is 10.1. The summed E-state index contributed by atoms with van der Waals surface area (Å²) in [5, 5.41) is 80.6. The van der Waals surface area contributed by atoms with E-state index in [2.05, 4.69) is 0 Å². The highest BCUT2D eigenvalue weighted by molar-refractivity contribution is 5.89. The van der Waals surface area contributed by atoms with E-state index < -0.39 is 84.1 Å². The number of aromatic hydroxyl groups is 2. The molecule has 3 aromatic rings. The third-order valence-electron chi connectivity index (χ3n) is 7.03. The van der Waals surface area contributed by atoms with Crippen molar-refractivity contribution in [1.82, 2.24) is 0 Å². The van der Waals surface area contributed by atoms with Gasteiger partial charge in [-0.1, -0.05) is 0 Å². The zero-order chi connectivity index (χ0) is 29.7. The SMILES string of the molecule is CC(O)C1OC(Oc2ccc(-c3cc(=O)c4c(O)c(O)c(OC5OC(C(C)O)C(O)C5O)cc4o3)cc2)C(O)C1O. The number of aliphatic hydroxyl groups excluding tert-OH is 6. The Balaban J connectivity index is 1.40. The van der Waals surface area contributed by atoms with Crippen LogP contribution in [-0.2, 0) is 9.47 Å². The first kappa shape index (κ1) is 29.0. The summed E-state index contributed by atoms with van der Waals surface area (Å²) < 4.78 is 27.6. The van der Waals surface area contributed by atoms with Crippen LogP contribution in [0.5, 0.6) is 23.0 Å². The highest BCUT2D eigenvalue weighted by atomic mass is 16.7. The summed E-state index contributed by atoms with van der Waals surface area (Å²) in [7, 11) is 0. The maximum atomic E-state index is 12.9. The van der Waals surface area contributed by atoms with Crippen LogP contribution >= 0.6 is 0 Å². The van der Waals surface area contributed by atoms with E-state index >= 15 is 0 Å². The van der Waals surface area contributed by atoms with Crippen LogP contribution in [0.25, 0.3) is 22.3 Å². The molecule has 0 aliphatic carbocycles. The molecule has 222 valence electrons. The van der Waals surface area contributed by atoms with Gasteiger partial charge in [-0.3, -0.25) is 4.79 Å². The van der Waals surface area contributed by atoms with Gasteiger partial charge in [0.25, 0.3) is 0 Å². The van der Waals surface area contributed by atoms with Gasteiger partial charge in [0.1, 0.15) is 59.1 Å². The van der Waals surface area contributed by atoms with Gasteiger partial charge in [-0.15, -0.1) is 0 Å². The monoisotopic (exact) mass is 578 g/mol. The minimum atomic E-state index is -1.59. The Labute approximate surface area is 231 Å². The van der Waals surface area contributed by atoms with Gasteiger partial charge in [-0.25, -0.2) is 0 Å². The lowest BCUT2D eigenvalue weighted by molar-refractivity contribution is -0.129. The predicted octanol–water partition coefficient (Wildman–Crippen LogP) is -0.716. The van der Waals surface area contributed by atoms with Gasteiger partial charge in [-0.05, 0) is 38.1 Å². The lowest BCUT2D eigenvalue weighted by Crippen LogP contribution is -2.38. The van der Waals surface area contributed by atoms with Crippen LogP contribution in [0, 0.1) is 0 Å². The van der Waals surface area contributed by atoms with E-state index in [-0.39, 0.29) is 22.5 Å². The summed E-state index contributed by atoms with van der Waals surface area (Å²) in [6.07, 6.45) is -13.0. The van der Waals surface area contributed by atoms with Crippen molar-refractivity contribution < 1.29 is 64.2 Å². The van der Waals surface area contributed by atoms with Crippen LogP contribution in [0.3, 0.4) is 0 Å². The Morgan fingerprint density at radius 1 is 0.756 bits per heavy atom. The molecule has 2 saturated heterocycles. The van der Waals surface area contributed by atoms with E-state index in [1.807, 2.05) is 0 Å². The number of ether oxygens (including phenoxy) is 4. The molecule has 1 aromatic heterocycles. The fraction of sp³-hybridized carbons (Fsp3) is 0.444. The molecule has 2 fully saturated rings. The van der Waals surface area contributed by atoms with Crippen molar-refractivity contribution in [3.8, 4) is 34.3 Å². The van der Waals surface area contributed by atoms with Crippen LogP contribution in [-0.4, -0.2) is 102 Å². The van der Waals surface area contributed by atoms with Gasteiger partial charge in [-0.2, -0.15) is 0 Å². The van der Waals surface area contributed by atoms with Crippen molar-refractivity contribution in [2.75, 3.05) is 0 Å². The summed E-state index contributed by atoms with van der Waals surface area (Å²) >= 11 is 0. The fourth-order valence-corrected chi connectivity index (χ4v) is 4.79. The van der Waals surface area contributed by atoms with Gasteiger partial charge in [0.15, 0.2) is 16.9 Å². The third-order valence-corrected chi connectivity index (χ3v) is 7.03. The quantitative estimate of drug-likeness (QED) is 0.162. The molecule has 14 nitrogen and oxygen atoms in total. The van der Waals surface area contributed by atoms with Crippen molar-refractivity contribution in [2.45, 2.75) is 75.3 Å². The maximum absolute atomic E-state index is 12.9. The molecule has 10 unspecified atom stereocenters. The molecule has 2 aromatic carbocycles. The number of rotatable bonds is 7. The summed E-state index contributed by atoms with van der Waals surface area (Å²) in [6, 6.07) is 8.24. The van der Waals surface area contributed by atoms with Crippen molar-refractivity contribution in [3.63, 3.8) is 0 Å². The molecule has 0 spiro atoms. The molecule has 0 saturated carbocycles. The lowest BCUT2D eigenvalue weighted by Gasteiger charge is -2.19. The zero-order valence-corrected chi connectivity index (χ0v) is 21.8. The van der Waals surface area contributed by atoms with Crippen LogP contribution in [0.1, 0.15) is 13.8 Å². The molecular formula is C27H30O14. The molecular weight excluding hydrogens is 548 g/mol. The van der Waals surface area contributed by atoms with Gasteiger partial charge in [0.2, 0.25) is 18.3 Å². The number of fused-ring (bicyclic) bond motifs is 1. The molecule has 3 heterocycles. The first-order valence-corrected chi connectivity index (χ1v) is 12.7. The summed E-state index contributed by atoms with van der Waals surface area (Å²) in [6.45, 7) is 2.76. The molecule has 0 amide bonds. The van der Waals surface area contributed by atoms with Gasteiger partial charge in [0.05, 0.1) is 12.2 Å². The largest absolute Gasteiger partial charge is 0.504 e. The van der Waals surface area contributed by atoms with Crippen molar-refractivity contribution >= 4 is 11.0 Å². The third kappa shape index (κ3) is 5.31.